The van der Waals surface area contributed by atoms with Crippen LogP contribution in [0.1, 0.15) is 43.0 Å². The van der Waals surface area contributed by atoms with E-state index in [0.29, 0.717) is 35.0 Å². The zero-order chi connectivity index (χ0) is 23.0. The highest BCUT2D eigenvalue weighted by atomic mass is 16.3. The van der Waals surface area contributed by atoms with Crippen LogP contribution in [0.4, 0.5) is 11.5 Å². The van der Waals surface area contributed by atoms with Gasteiger partial charge in [-0.2, -0.15) is 0 Å². The Morgan fingerprint density at radius 1 is 1.00 bits per heavy atom. The lowest BCUT2D eigenvalue weighted by molar-refractivity contribution is 0.0954. The van der Waals surface area contributed by atoms with Gasteiger partial charge in [0.2, 0.25) is 0 Å². The number of hydrogen-bond donors (Lipinski definition) is 3. The summed E-state index contributed by atoms with van der Waals surface area (Å²) in [5.74, 6) is 1.01. The molecule has 0 unspecified atom stereocenters. The summed E-state index contributed by atoms with van der Waals surface area (Å²) in [6.45, 7) is 2.81. The molecule has 7 heteroatoms. The number of phenols is 1. The normalized spacial score (nSPS) is 10.8. The Kier molecular flexibility index (Phi) is 7.09. The van der Waals surface area contributed by atoms with Gasteiger partial charge >= 0.3 is 0 Å². The quantitative estimate of drug-likeness (QED) is 0.299. The van der Waals surface area contributed by atoms with Crippen LogP contribution in [-0.2, 0) is 0 Å². The van der Waals surface area contributed by atoms with Crippen LogP contribution >= 0.6 is 0 Å². The fraction of sp³-hybridized carbons (Fsp3) is 0.231. The molecule has 1 amide bonds. The number of phenolic OH excluding ortho intramolecular Hbond substituents is 1. The van der Waals surface area contributed by atoms with Gasteiger partial charge < -0.3 is 15.7 Å². The molecule has 2 aromatic carbocycles. The monoisotopic (exact) mass is 441 g/mol. The summed E-state index contributed by atoms with van der Waals surface area (Å²) >= 11 is 0. The number of hydrogen-bond acceptors (Lipinski definition) is 6. The Morgan fingerprint density at radius 2 is 1.88 bits per heavy atom. The van der Waals surface area contributed by atoms with Gasteiger partial charge in [0.1, 0.15) is 11.6 Å². The first-order chi connectivity index (χ1) is 16.2. The lowest BCUT2D eigenvalue weighted by atomic mass is 10.1. The molecule has 4 aromatic rings. The SMILES string of the molecule is CCCCCCNC(=O)c1ccccc1Nc1nc(-c2cccnc2)nc2cc(O)ccc12. The Bertz CT molecular complexity index is 1240. The summed E-state index contributed by atoms with van der Waals surface area (Å²) in [6.07, 6.45) is 7.77. The van der Waals surface area contributed by atoms with Crippen molar-refractivity contribution in [3.8, 4) is 17.1 Å². The van der Waals surface area contributed by atoms with Gasteiger partial charge in [0.05, 0.1) is 16.8 Å². The number of fused-ring (bicyclic) bond motifs is 1. The van der Waals surface area contributed by atoms with Gasteiger partial charge in [-0.15, -0.1) is 0 Å². The lowest BCUT2D eigenvalue weighted by Gasteiger charge is -2.14. The molecule has 0 saturated carbocycles. The van der Waals surface area contributed by atoms with Crippen molar-refractivity contribution in [2.75, 3.05) is 11.9 Å². The van der Waals surface area contributed by atoms with Crippen molar-refractivity contribution < 1.29 is 9.90 Å². The van der Waals surface area contributed by atoms with Crippen LogP contribution < -0.4 is 10.6 Å². The maximum absolute atomic E-state index is 12.9. The van der Waals surface area contributed by atoms with E-state index in [9.17, 15) is 9.90 Å². The molecular formula is C26H27N5O2. The molecule has 0 aliphatic heterocycles. The van der Waals surface area contributed by atoms with E-state index in [1.807, 2.05) is 30.3 Å². The minimum Gasteiger partial charge on any atom is -0.508 e. The number of benzene rings is 2. The summed E-state index contributed by atoms with van der Waals surface area (Å²) in [6, 6.07) is 16.0. The van der Waals surface area contributed by atoms with Crippen LogP contribution in [0.25, 0.3) is 22.3 Å². The Labute approximate surface area is 192 Å². The number of para-hydroxylation sites is 1. The molecule has 0 saturated heterocycles. The van der Waals surface area contributed by atoms with E-state index >= 15 is 0 Å². The summed E-state index contributed by atoms with van der Waals surface area (Å²) < 4.78 is 0. The molecular weight excluding hydrogens is 414 g/mol. The third kappa shape index (κ3) is 5.44. The lowest BCUT2D eigenvalue weighted by Crippen LogP contribution is -2.25. The highest BCUT2D eigenvalue weighted by molar-refractivity contribution is 6.01. The van der Waals surface area contributed by atoms with E-state index in [2.05, 4.69) is 27.5 Å². The molecule has 33 heavy (non-hydrogen) atoms. The Morgan fingerprint density at radius 3 is 2.70 bits per heavy atom. The highest BCUT2D eigenvalue weighted by Crippen LogP contribution is 2.30. The van der Waals surface area contributed by atoms with Gasteiger partial charge in [-0.25, -0.2) is 9.97 Å². The fourth-order valence-electron chi connectivity index (χ4n) is 3.60. The van der Waals surface area contributed by atoms with Crippen LogP contribution in [-0.4, -0.2) is 32.5 Å². The number of carbonyl (C=O) groups is 1. The number of rotatable bonds is 9. The zero-order valence-corrected chi connectivity index (χ0v) is 18.6. The minimum atomic E-state index is -0.127. The van der Waals surface area contributed by atoms with Crippen molar-refractivity contribution in [3.63, 3.8) is 0 Å². The van der Waals surface area contributed by atoms with E-state index < -0.39 is 0 Å². The van der Waals surface area contributed by atoms with E-state index in [0.717, 1.165) is 30.2 Å². The van der Waals surface area contributed by atoms with Gasteiger partial charge in [-0.05, 0) is 42.8 Å². The molecule has 0 atom stereocenters. The molecule has 0 fully saturated rings. The molecule has 4 rings (SSSR count). The number of anilines is 2. The van der Waals surface area contributed by atoms with Gasteiger partial charge in [-0.1, -0.05) is 38.3 Å². The maximum atomic E-state index is 12.9. The van der Waals surface area contributed by atoms with Crippen LogP contribution in [0.2, 0.25) is 0 Å². The Hall–Kier alpha value is -4.00. The topological polar surface area (TPSA) is 100 Å². The number of aromatic nitrogens is 3. The molecule has 2 heterocycles. The standard InChI is InChI=1S/C26H27N5O2/c1-2-3-4-7-15-28-26(33)21-10-5-6-11-22(21)29-25-20-13-12-19(32)16-23(20)30-24(31-25)18-9-8-14-27-17-18/h5-6,8-14,16-17,32H,2-4,7,15H2,1H3,(H,28,33)(H,29,30,31). The summed E-state index contributed by atoms with van der Waals surface area (Å²) in [4.78, 5) is 26.3. The van der Waals surface area contributed by atoms with Crippen LogP contribution in [0, 0.1) is 0 Å². The largest absolute Gasteiger partial charge is 0.508 e. The van der Waals surface area contributed by atoms with Crippen molar-refractivity contribution in [2.24, 2.45) is 0 Å². The number of nitrogens with one attached hydrogen (secondary N) is 2. The molecule has 0 spiro atoms. The van der Waals surface area contributed by atoms with Crippen molar-refractivity contribution >= 4 is 28.3 Å². The first-order valence-electron chi connectivity index (χ1n) is 11.2. The van der Waals surface area contributed by atoms with E-state index in [1.54, 1.807) is 36.7 Å². The van der Waals surface area contributed by atoms with E-state index in [-0.39, 0.29) is 11.7 Å². The first-order valence-corrected chi connectivity index (χ1v) is 11.2. The number of pyridine rings is 1. The molecule has 7 nitrogen and oxygen atoms in total. The number of unbranched alkanes of at least 4 members (excludes halogenated alkanes) is 3. The second-order valence-electron chi connectivity index (χ2n) is 7.83. The predicted molar refractivity (Wildman–Crippen MR) is 131 cm³/mol. The second kappa shape index (κ2) is 10.5. The van der Waals surface area contributed by atoms with Gasteiger partial charge in [0, 0.05) is 36.0 Å². The van der Waals surface area contributed by atoms with E-state index in [1.165, 1.54) is 6.42 Å². The van der Waals surface area contributed by atoms with Gasteiger partial charge in [0.25, 0.3) is 5.91 Å². The smallest absolute Gasteiger partial charge is 0.253 e. The molecule has 2 aromatic heterocycles. The van der Waals surface area contributed by atoms with Crippen molar-refractivity contribution in [1.29, 1.82) is 0 Å². The van der Waals surface area contributed by atoms with Crippen molar-refractivity contribution in [2.45, 2.75) is 32.6 Å². The summed E-state index contributed by atoms with van der Waals surface area (Å²) in [5.41, 5.74) is 2.53. The summed E-state index contributed by atoms with van der Waals surface area (Å²) in [7, 11) is 0. The van der Waals surface area contributed by atoms with Crippen LogP contribution in [0.5, 0.6) is 5.75 Å². The maximum Gasteiger partial charge on any atom is 0.253 e. The number of aromatic hydroxyl groups is 1. The summed E-state index contributed by atoms with van der Waals surface area (Å²) in [5, 5.41) is 17.0. The van der Waals surface area contributed by atoms with E-state index in [4.69, 9.17) is 4.98 Å². The molecule has 0 aliphatic rings. The average molecular weight is 442 g/mol. The number of amides is 1. The second-order valence-corrected chi connectivity index (χ2v) is 7.83. The van der Waals surface area contributed by atoms with Crippen molar-refractivity contribution in [1.82, 2.24) is 20.3 Å². The first kappa shape index (κ1) is 22.2. The molecule has 0 bridgehead atoms. The van der Waals surface area contributed by atoms with Crippen molar-refractivity contribution in [3.05, 3.63) is 72.6 Å². The van der Waals surface area contributed by atoms with Crippen LogP contribution in [0.15, 0.2) is 67.0 Å². The van der Waals surface area contributed by atoms with Gasteiger partial charge in [0.15, 0.2) is 5.82 Å². The third-order valence-corrected chi connectivity index (χ3v) is 5.34. The molecule has 0 aliphatic carbocycles. The Balaban J connectivity index is 1.66. The molecule has 3 N–H and O–H groups in total. The average Bonchev–Trinajstić information content (AvgIpc) is 2.84. The predicted octanol–water partition coefficient (Wildman–Crippen LogP) is 5.45. The zero-order valence-electron chi connectivity index (χ0n) is 18.6. The minimum absolute atomic E-state index is 0.118. The fourth-order valence-corrected chi connectivity index (χ4v) is 3.60. The van der Waals surface area contributed by atoms with Crippen LogP contribution in [0.3, 0.4) is 0 Å². The number of carbonyl (C=O) groups excluding carboxylic acids is 1. The third-order valence-electron chi connectivity index (χ3n) is 5.34. The highest BCUT2D eigenvalue weighted by Gasteiger charge is 2.15. The number of nitrogens with zero attached hydrogens (tertiary/aromatic N) is 3. The van der Waals surface area contributed by atoms with Gasteiger partial charge in [-0.3, -0.25) is 9.78 Å². The molecule has 168 valence electrons. The molecule has 0 radical (unpaired) electrons.